The van der Waals surface area contributed by atoms with Crippen molar-refractivity contribution in [2.24, 2.45) is 0 Å². The number of alkyl halides is 6. The first kappa shape index (κ1) is 18.9. The molecule has 0 aliphatic rings. The van der Waals surface area contributed by atoms with Crippen molar-refractivity contribution in [3.63, 3.8) is 0 Å². The van der Waals surface area contributed by atoms with E-state index < -0.39 is 54.5 Å². The molecule has 0 unspecified atom stereocenters. The molecule has 11 heteroatoms. The summed E-state index contributed by atoms with van der Waals surface area (Å²) in [6, 6.07) is 3.48. The normalized spacial score (nSPS) is 13.0. The molecule has 2 aromatic carbocycles. The van der Waals surface area contributed by atoms with Crippen molar-refractivity contribution in [1.29, 1.82) is 0 Å². The number of sulfone groups is 1. The van der Waals surface area contributed by atoms with E-state index >= 15 is 0 Å². The molecule has 0 aliphatic heterocycles. The first-order valence-corrected chi connectivity index (χ1v) is 7.91. The fourth-order valence-electron chi connectivity index (χ4n) is 2.07. The molecule has 0 atom stereocenters. The van der Waals surface area contributed by atoms with E-state index in [0.29, 0.717) is 36.4 Å². The van der Waals surface area contributed by atoms with E-state index in [1.165, 1.54) is 0 Å². The number of hydrogen-bond donors (Lipinski definition) is 2. The number of anilines is 2. The van der Waals surface area contributed by atoms with Crippen LogP contribution in [0.15, 0.2) is 46.2 Å². The molecule has 136 valence electrons. The lowest BCUT2D eigenvalue weighted by Crippen LogP contribution is -2.12. The average Bonchev–Trinajstić information content (AvgIpc) is 2.44. The van der Waals surface area contributed by atoms with Crippen LogP contribution in [0.3, 0.4) is 0 Å². The molecule has 25 heavy (non-hydrogen) atoms. The van der Waals surface area contributed by atoms with Crippen LogP contribution in [0.4, 0.5) is 37.7 Å². The molecule has 2 rings (SSSR count). The Bertz CT molecular complexity index is 850. The topological polar surface area (TPSA) is 86.2 Å². The number of benzene rings is 2. The Balaban J connectivity index is 2.53. The van der Waals surface area contributed by atoms with Crippen LogP contribution >= 0.6 is 0 Å². The van der Waals surface area contributed by atoms with Gasteiger partial charge in [0.2, 0.25) is 9.84 Å². The fraction of sp³-hybridized carbons (Fsp3) is 0.143. The van der Waals surface area contributed by atoms with Crippen LogP contribution in [-0.2, 0) is 22.2 Å². The molecule has 0 saturated carbocycles. The second-order valence-corrected chi connectivity index (χ2v) is 6.95. The van der Waals surface area contributed by atoms with E-state index in [1.54, 1.807) is 0 Å². The third-order valence-corrected chi connectivity index (χ3v) is 5.03. The van der Waals surface area contributed by atoms with Gasteiger partial charge in [0.15, 0.2) is 0 Å². The second kappa shape index (κ2) is 5.83. The lowest BCUT2D eigenvalue weighted by molar-refractivity contribution is -0.137. The zero-order valence-electron chi connectivity index (χ0n) is 12.1. The van der Waals surface area contributed by atoms with E-state index in [2.05, 4.69) is 0 Å². The summed E-state index contributed by atoms with van der Waals surface area (Å²) in [5.41, 5.74) is 6.37. The van der Waals surface area contributed by atoms with Crippen molar-refractivity contribution in [1.82, 2.24) is 0 Å². The summed E-state index contributed by atoms with van der Waals surface area (Å²) in [5.74, 6) is 0. The summed E-state index contributed by atoms with van der Waals surface area (Å²) >= 11 is 0. The Hall–Kier alpha value is -2.43. The van der Waals surface area contributed by atoms with Gasteiger partial charge in [-0.15, -0.1) is 0 Å². The van der Waals surface area contributed by atoms with E-state index in [9.17, 15) is 34.8 Å². The molecule has 0 saturated heterocycles. The van der Waals surface area contributed by atoms with Crippen molar-refractivity contribution in [3.8, 4) is 0 Å². The van der Waals surface area contributed by atoms with Crippen molar-refractivity contribution < 1.29 is 34.8 Å². The standard InChI is InChI=1S/C14H10F6N2O2S/c15-13(16,17)9-3-1-7(5-11(9)21)25(23,24)8-2-4-10(12(22)6-8)14(18,19)20/h1-6H,21-22H2. The zero-order chi connectivity index (χ0) is 19.2. The second-order valence-electron chi connectivity index (χ2n) is 5.00. The summed E-state index contributed by atoms with van der Waals surface area (Å²) in [6.45, 7) is 0. The maximum Gasteiger partial charge on any atom is 0.418 e. The van der Waals surface area contributed by atoms with Gasteiger partial charge in [-0.05, 0) is 36.4 Å². The van der Waals surface area contributed by atoms with Crippen LogP contribution < -0.4 is 11.5 Å². The fourth-order valence-corrected chi connectivity index (χ4v) is 3.40. The first-order chi connectivity index (χ1) is 11.2. The average molecular weight is 384 g/mol. The van der Waals surface area contributed by atoms with Crippen LogP contribution in [0.2, 0.25) is 0 Å². The highest BCUT2D eigenvalue weighted by molar-refractivity contribution is 7.91. The van der Waals surface area contributed by atoms with E-state index in [-0.39, 0.29) is 0 Å². The third kappa shape index (κ3) is 3.65. The summed E-state index contributed by atoms with van der Waals surface area (Å²) in [7, 11) is -4.40. The minimum Gasteiger partial charge on any atom is -0.398 e. The molecular weight excluding hydrogens is 374 g/mol. The Morgan fingerprint density at radius 1 is 0.680 bits per heavy atom. The van der Waals surface area contributed by atoms with Gasteiger partial charge >= 0.3 is 12.4 Å². The van der Waals surface area contributed by atoms with Gasteiger partial charge in [-0.3, -0.25) is 0 Å². The van der Waals surface area contributed by atoms with Crippen molar-refractivity contribution in [3.05, 3.63) is 47.5 Å². The van der Waals surface area contributed by atoms with Gasteiger partial charge in [0.25, 0.3) is 0 Å². The molecule has 0 bridgehead atoms. The predicted octanol–water partition coefficient (Wildman–Crippen LogP) is 3.72. The van der Waals surface area contributed by atoms with E-state index in [4.69, 9.17) is 11.5 Å². The van der Waals surface area contributed by atoms with Gasteiger partial charge in [-0.25, -0.2) is 8.42 Å². The lowest BCUT2D eigenvalue weighted by atomic mass is 10.2. The predicted molar refractivity (Wildman–Crippen MR) is 77.2 cm³/mol. The largest absolute Gasteiger partial charge is 0.418 e. The Morgan fingerprint density at radius 3 is 1.24 bits per heavy atom. The smallest absolute Gasteiger partial charge is 0.398 e. The first-order valence-electron chi connectivity index (χ1n) is 6.43. The Morgan fingerprint density at radius 2 is 1.00 bits per heavy atom. The number of nitrogen functional groups attached to an aromatic ring is 2. The zero-order valence-corrected chi connectivity index (χ0v) is 12.9. The van der Waals surface area contributed by atoms with Crippen molar-refractivity contribution in [2.45, 2.75) is 22.1 Å². The quantitative estimate of drug-likeness (QED) is 0.610. The highest BCUT2D eigenvalue weighted by Crippen LogP contribution is 2.37. The van der Waals surface area contributed by atoms with Crippen LogP contribution in [0.5, 0.6) is 0 Å². The Kier molecular flexibility index (Phi) is 4.41. The molecule has 0 fully saturated rings. The summed E-state index contributed by atoms with van der Waals surface area (Å²) in [4.78, 5) is -1.20. The van der Waals surface area contributed by atoms with Gasteiger partial charge < -0.3 is 11.5 Å². The van der Waals surface area contributed by atoms with Crippen molar-refractivity contribution >= 4 is 21.2 Å². The minimum atomic E-state index is -4.77. The highest BCUT2D eigenvalue weighted by Gasteiger charge is 2.35. The summed E-state index contributed by atoms with van der Waals surface area (Å²) < 4.78 is 101. The highest BCUT2D eigenvalue weighted by atomic mass is 32.2. The third-order valence-electron chi connectivity index (χ3n) is 3.28. The summed E-state index contributed by atoms with van der Waals surface area (Å²) in [5, 5.41) is 0. The molecule has 0 aromatic heterocycles. The number of rotatable bonds is 2. The number of halogens is 6. The van der Waals surface area contributed by atoms with Gasteiger partial charge in [-0.2, -0.15) is 26.3 Å². The van der Waals surface area contributed by atoms with Crippen molar-refractivity contribution in [2.75, 3.05) is 11.5 Å². The molecule has 4 nitrogen and oxygen atoms in total. The monoisotopic (exact) mass is 384 g/mol. The molecule has 0 radical (unpaired) electrons. The van der Waals surface area contributed by atoms with E-state index in [0.717, 1.165) is 0 Å². The minimum absolute atomic E-state index is 0.482. The van der Waals surface area contributed by atoms with E-state index in [1.807, 2.05) is 0 Å². The molecule has 0 spiro atoms. The van der Waals surface area contributed by atoms with Gasteiger partial charge in [0.1, 0.15) is 0 Å². The maximum absolute atomic E-state index is 12.7. The number of hydrogen-bond acceptors (Lipinski definition) is 4. The van der Waals surface area contributed by atoms with Gasteiger partial charge in [0, 0.05) is 11.4 Å². The molecule has 0 amide bonds. The maximum atomic E-state index is 12.7. The SMILES string of the molecule is Nc1cc(S(=O)(=O)c2ccc(C(F)(F)F)c(N)c2)ccc1C(F)(F)F. The molecule has 4 N–H and O–H groups in total. The molecule has 0 aliphatic carbocycles. The molecular formula is C14H10F6N2O2S. The lowest BCUT2D eigenvalue weighted by Gasteiger charge is -2.13. The molecule has 2 aromatic rings. The number of nitrogens with two attached hydrogens (primary N) is 2. The van der Waals surface area contributed by atoms with Crippen LogP contribution in [0.1, 0.15) is 11.1 Å². The van der Waals surface area contributed by atoms with Crippen LogP contribution in [0, 0.1) is 0 Å². The van der Waals surface area contributed by atoms with Crippen LogP contribution in [-0.4, -0.2) is 8.42 Å². The summed E-state index contributed by atoms with van der Waals surface area (Å²) in [6.07, 6.45) is -9.55. The Labute approximate surface area is 138 Å². The molecule has 0 heterocycles. The van der Waals surface area contributed by atoms with Gasteiger partial charge in [-0.1, -0.05) is 0 Å². The van der Waals surface area contributed by atoms with Crippen LogP contribution in [0.25, 0.3) is 0 Å². The van der Waals surface area contributed by atoms with Gasteiger partial charge in [0.05, 0.1) is 20.9 Å².